The maximum absolute atomic E-state index is 12.5. The molecule has 1 heterocycles. The van der Waals surface area contributed by atoms with Crippen molar-refractivity contribution in [2.75, 3.05) is 33.1 Å². The van der Waals surface area contributed by atoms with E-state index in [9.17, 15) is 9.59 Å². The van der Waals surface area contributed by atoms with E-state index in [1.165, 1.54) is 11.8 Å². The number of carbonyl (C=O) groups is 1. The van der Waals surface area contributed by atoms with Gasteiger partial charge in [-0.2, -0.15) is 4.98 Å². The van der Waals surface area contributed by atoms with Crippen molar-refractivity contribution < 1.29 is 19.4 Å². The second-order valence-corrected chi connectivity index (χ2v) is 8.60. The van der Waals surface area contributed by atoms with Crippen LogP contribution in [0, 0.1) is 0 Å². The molecule has 1 amide bonds. The van der Waals surface area contributed by atoms with Crippen molar-refractivity contribution in [2.45, 2.75) is 50.1 Å². The summed E-state index contributed by atoms with van der Waals surface area (Å²) in [7, 11) is 3.19. The lowest BCUT2D eigenvalue weighted by molar-refractivity contribution is -0.118. The first-order chi connectivity index (χ1) is 15.6. The van der Waals surface area contributed by atoms with Crippen molar-refractivity contribution in [1.29, 1.82) is 0 Å². The minimum Gasteiger partial charge on any atom is -0.493 e. The van der Waals surface area contributed by atoms with Gasteiger partial charge < -0.3 is 19.9 Å². The molecule has 0 aliphatic heterocycles. The standard InChI is InChI=1S/C23H31N3O5S/c1-30-19-9-8-16(14-20(19)31-2)10-11-24-21(28)15-32-22-17-6-3-4-7-18(17)26(12-5-13-27)23(29)25-22/h8-9,14,27H,3-7,10-13,15H2,1-2H3,(H,24,28). The van der Waals surface area contributed by atoms with Gasteiger partial charge in [0.2, 0.25) is 5.91 Å². The van der Waals surface area contributed by atoms with Crippen molar-refractivity contribution in [2.24, 2.45) is 0 Å². The number of fused-ring (bicyclic) bond motifs is 1. The molecule has 0 atom stereocenters. The third kappa shape index (κ3) is 6.04. The summed E-state index contributed by atoms with van der Waals surface area (Å²) in [5.41, 5.74) is 2.84. The quantitative estimate of drug-likeness (QED) is 0.390. The number of nitrogens with one attached hydrogen (secondary N) is 1. The lowest BCUT2D eigenvalue weighted by atomic mass is 9.97. The molecule has 9 heteroatoms. The van der Waals surface area contributed by atoms with Crippen LogP contribution in [0.4, 0.5) is 0 Å². The van der Waals surface area contributed by atoms with E-state index in [0.29, 0.717) is 42.5 Å². The van der Waals surface area contributed by atoms with Crippen LogP contribution in [0.1, 0.15) is 36.1 Å². The molecule has 2 aromatic rings. The van der Waals surface area contributed by atoms with Gasteiger partial charge in [0, 0.05) is 31.0 Å². The first-order valence-corrected chi connectivity index (χ1v) is 11.9. The molecular weight excluding hydrogens is 430 g/mol. The number of nitrogens with zero attached hydrogens (tertiary/aromatic N) is 2. The number of aliphatic hydroxyl groups excluding tert-OH is 1. The molecule has 0 spiro atoms. The molecule has 0 unspecified atom stereocenters. The Morgan fingerprint density at radius 2 is 2.00 bits per heavy atom. The van der Waals surface area contributed by atoms with Gasteiger partial charge in [0.05, 0.1) is 20.0 Å². The molecule has 0 saturated carbocycles. The third-order valence-corrected chi connectivity index (χ3v) is 6.53. The highest BCUT2D eigenvalue weighted by Crippen LogP contribution is 2.29. The monoisotopic (exact) mass is 461 g/mol. The normalized spacial score (nSPS) is 12.8. The average Bonchev–Trinajstić information content (AvgIpc) is 2.82. The summed E-state index contributed by atoms with van der Waals surface area (Å²) in [6, 6.07) is 5.70. The largest absolute Gasteiger partial charge is 0.493 e. The highest BCUT2D eigenvalue weighted by molar-refractivity contribution is 7.99. The van der Waals surface area contributed by atoms with E-state index in [4.69, 9.17) is 14.6 Å². The van der Waals surface area contributed by atoms with Crippen LogP contribution in [0.3, 0.4) is 0 Å². The topological polar surface area (TPSA) is 103 Å². The maximum Gasteiger partial charge on any atom is 0.348 e. The Labute approximate surface area is 192 Å². The molecule has 32 heavy (non-hydrogen) atoms. The molecule has 174 valence electrons. The third-order valence-electron chi connectivity index (χ3n) is 5.51. The molecule has 1 aliphatic carbocycles. The molecule has 0 radical (unpaired) electrons. The number of aromatic nitrogens is 2. The molecule has 0 bridgehead atoms. The minimum absolute atomic E-state index is 0.0429. The molecule has 1 aromatic carbocycles. The number of methoxy groups -OCH3 is 2. The zero-order valence-corrected chi connectivity index (χ0v) is 19.5. The summed E-state index contributed by atoms with van der Waals surface area (Å²) in [5.74, 6) is 1.46. The second kappa shape index (κ2) is 11.9. The SMILES string of the molecule is COc1ccc(CCNC(=O)CSc2nc(=O)n(CCCO)c3c2CCCC3)cc1OC. The van der Waals surface area contributed by atoms with Crippen LogP contribution in [0.15, 0.2) is 28.0 Å². The number of hydrogen-bond acceptors (Lipinski definition) is 7. The molecule has 1 aromatic heterocycles. The van der Waals surface area contributed by atoms with Crippen LogP contribution >= 0.6 is 11.8 Å². The molecule has 2 N–H and O–H groups in total. The van der Waals surface area contributed by atoms with Crippen LogP contribution in [0.2, 0.25) is 0 Å². The number of hydrogen-bond donors (Lipinski definition) is 2. The predicted molar refractivity (Wildman–Crippen MR) is 124 cm³/mol. The number of aliphatic hydroxyl groups is 1. The van der Waals surface area contributed by atoms with Gasteiger partial charge >= 0.3 is 5.69 Å². The van der Waals surface area contributed by atoms with Crippen LogP contribution < -0.4 is 20.5 Å². The molecule has 3 rings (SSSR count). The molecule has 0 saturated heterocycles. The molecule has 1 aliphatic rings. The number of carbonyl (C=O) groups excluding carboxylic acids is 1. The van der Waals surface area contributed by atoms with Crippen molar-refractivity contribution in [3.8, 4) is 11.5 Å². The van der Waals surface area contributed by atoms with Crippen LogP contribution in [-0.2, 0) is 30.6 Å². The average molecular weight is 462 g/mol. The maximum atomic E-state index is 12.5. The zero-order valence-electron chi connectivity index (χ0n) is 18.7. The Balaban J connectivity index is 1.57. The van der Waals surface area contributed by atoms with E-state index in [1.807, 2.05) is 18.2 Å². The Morgan fingerprint density at radius 3 is 2.75 bits per heavy atom. The van der Waals surface area contributed by atoms with E-state index >= 15 is 0 Å². The van der Waals surface area contributed by atoms with E-state index < -0.39 is 0 Å². The van der Waals surface area contributed by atoms with Crippen molar-refractivity contribution in [1.82, 2.24) is 14.9 Å². The van der Waals surface area contributed by atoms with Crippen molar-refractivity contribution in [3.05, 3.63) is 45.5 Å². The number of rotatable bonds is 11. The van der Waals surface area contributed by atoms with Gasteiger partial charge in [-0.05, 0) is 56.2 Å². The summed E-state index contributed by atoms with van der Waals surface area (Å²) in [5, 5.41) is 12.7. The van der Waals surface area contributed by atoms with E-state index in [0.717, 1.165) is 42.5 Å². The second-order valence-electron chi connectivity index (χ2n) is 7.64. The van der Waals surface area contributed by atoms with E-state index in [-0.39, 0.29) is 24.0 Å². The zero-order chi connectivity index (χ0) is 22.9. The lowest BCUT2D eigenvalue weighted by Gasteiger charge is -2.22. The Morgan fingerprint density at radius 1 is 1.22 bits per heavy atom. The fourth-order valence-electron chi connectivity index (χ4n) is 3.89. The predicted octanol–water partition coefficient (Wildman–Crippen LogP) is 1.97. The fourth-order valence-corrected chi connectivity index (χ4v) is 4.80. The van der Waals surface area contributed by atoms with Crippen LogP contribution in [0.25, 0.3) is 0 Å². The summed E-state index contributed by atoms with van der Waals surface area (Å²) >= 11 is 1.32. The number of thioether (sulfide) groups is 1. The van der Waals surface area contributed by atoms with Gasteiger partial charge in [-0.1, -0.05) is 17.8 Å². The summed E-state index contributed by atoms with van der Waals surface area (Å²) in [6.07, 6.45) is 5.00. The van der Waals surface area contributed by atoms with E-state index in [1.54, 1.807) is 18.8 Å². The smallest absolute Gasteiger partial charge is 0.348 e. The molecule has 0 fully saturated rings. The highest BCUT2D eigenvalue weighted by atomic mass is 32.2. The minimum atomic E-state index is -0.296. The number of ether oxygens (including phenoxy) is 2. The first kappa shape index (κ1) is 24.1. The molecular formula is C23H31N3O5S. The number of amides is 1. The highest BCUT2D eigenvalue weighted by Gasteiger charge is 2.21. The van der Waals surface area contributed by atoms with Gasteiger partial charge in [-0.3, -0.25) is 9.36 Å². The van der Waals surface area contributed by atoms with Crippen molar-refractivity contribution in [3.63, 3.8) is 0 Å². The van der Waals surface area contributed by atoms with Gasteiger partial charge in [0.15, 0.2) is 11.5 Å². The van der Waals surface area contributed by atoms with Gasteiger partial charge in [-0.15, -0.1) is 0 Å². The van der Waals surface area contributed by atoms with Crippen LogP contribution in [0.5, 0.6) is 11.5 Å². The van der Waals surface area contributed by atoms with Gasteiger partial charge in [0.25, 0.3) is 0 Å². The number of benzene rings is 1. The summed E-state index contributed by atoms with van der Waals surface area (Å²) in [6.45, 7) is 1.02. The molecule has 8 nitrogen and oxygen atoms in total. The summed E-state index contributed by atoms with van der Waals surface area (Å²) in [4.78, 5) is 29.2. The van der Waals surface area contributed by atoms with Gasteiger partial charge in [0.1, 0.15) is 5.03 Å². The fraction of sp³-hybridized carbons (Fsp3) is 0.522. The van der Waals surface area contributed by atoms with Crippen LogP contribution in [-0.4, -0.2) is 53.7 Å². The summed E-state index contributed by atoms with van der Waals surface area (Å²) < 4.78 is 12.3. The first-order valence-electron chi connectivity index (χ1n) is 10.9. The Hall–Kier alpha value is -2.52. The van der Waals surface area contributed by atoms with Gasteiger partial charge in [-0.25, -0.2) is 4.79 Å². The lowest BCUT2D eigenvalue weighted by Crippen LogP contribution is -2.31. The Bertz CT molecular complexity index is 992. The Kier molecular flexibility index (Phi) is 8.99. The van der Waals surface area contributed by atoms with Crippen molar-refractivity contribution >= 4 is 17.7 Å². The van der Waals surface area contributed by atoms with E-state index in [2.05, 4.69) is 10.3 Å².